The predicted molar refractivity (Wildman–Crippen MR) is 72.7 cm³/mol. The summed E-state index contributed by atoms with van der Waals surface area (Å²) in [6.45, 7) is 0. The van der Waals surface area contributed by atoms with Crippen LogP contribution in [0.4, 0.5) is 5.69 Å². The lowest BCUT2D eigenvalue weighted by Gasteiger charge is -2.14. The zero-order valence-corrected chi connectivity index (χ0v) is 10.1. The fraction of sp³-hybridized carbons (Fsp3) is 0.143. The first-order chi connectivity index (χ1) is 8.15. The maximum absolute atomic E-state index is 5.74. The van der Waals surface area contributed by atoms with E-state index in [-0.39, 0.29) is 0 Å². The van der Waals surface area contributed by atoms with Gasteiger partial charge in [0.05, 0.1) is 0 Å². The molecule has 0 unspecified atom stereocenters. The van der Waals surface area contributed by atoms with E-state index in [1.165, 1.54) is 0 Å². The van der Waals surface area contributed by atoms with Crippen molar-refractivity contribution in [2.45, 2.75) is 0 Å². The molecule has 84 valence electrons. The summed E-state index contributed by atoms with van der Waals surface area (Å²) in [5.41, 5.74) is 1.84. The number of hydrogen-bond acceptors (Lipinski definition) is 2. The van der Waals surface area contributed by atoms with Crippen molar-refractivity contribution in [2.24, 2.45) is 0 Å². The van der Waals surface area contributed by atoms with E-state index in [4.69, 9.17) is 12.6 Å². The second-order valence-corrected chi connectivity index (χ2v) is 4.06. The van der Waals surface area contributed by atoms with Gasteiger partial charge in [-0.05, 0) is 24.3 Å². The van der Waals surface area contributed by atoms with Crippen LogP contribution >= 0.6 is 0 Å². The van der Waals surface area contributed by atoms with E-state index < -0.39 is 0 Å². The number of nitrogens with zero attached hydrogens (tertiary/aromatic N) is 1. The summed E-state index contributed by atoms with van der Waals surface area (Å²) in [7, 11) is 9.63. The SMILES string of the molecule is [B]c1ccc(Oc2cccc(N(C)C)c2)cc1. The third-order valence-corrected chi connectivity index (χ3v) is 2.45. The Kier molecular flexibility index (Phi) is 3.38. The molecule has 0 heterocycles. The molecule has 0 saturated heterocycles. The van der Waals surface area contributed by atoms with E-state index in [1.54, 1.807) is 0 Å². The van der Waals surface area contributed by atoms with Crippen molar-refractivity contribution in [1.29, 1.82) is 0 Å². The first-order valence-corrected chi connectivity index (χ1v) is 5.46. The molecule has 2 nitrogen and oxygen atoms in total. The predicted octanol–water partition coefficient (Wildman–Crippen LogP) is 2.34. The summed E-state index contributed by atoms with van der Waals surface area (Å²) in [6.07, 6.45) is 0. The van der Waals surface area contributed by atoms with Crippen LogP contribution in [0.15, 0.2) is 48.5 Å². The molecular weight excluding hydrogens is 209 g/mol. The van der Waals surface area contributed by atoms with Crippen LogP contribution in [0.1, 0.15) is 0 Å². The molecule has 0 N–H and O–H groups in total. The Morgan fingerprint density at radius 1 is 0.941 bits per heavy atom. The van der Waals surface area contributed by atoms with Gasteiger partial charge in [-0.1, -0.05) is 23.7 Å². The molecule has 0 saturated carbocycles. The molecule has 0 amide bonds. The number of rotatable bonds is 3. The third-order valence-electron chi connectivity index (χ3n) is 2.45. The van der Waals surface area contributed by atoms with Crippen LogP contribution < -0.4 is 15.1 Å². The average molecular weight is 223 g/mol. The maximum atomic E-state index is 5.74. The van der Waals surface area contributed by atoms with Gasteiger partial charge in [0.1, 0.15) is 19.3 Å². The standard InChI is InChI=1S/C14H14BNO/c1-16(2)12-4-3-5-14(10-12)17-13-8-6-11(15)7-9-13/h3-10H,1-2H3. The normalized spacial score (nSPS) is 10.0. The van der Waals surface area contributed by atoms with Gasteiger partial charge >= 0.3 is 0 Å². The maximum Gasteiger partial charge on any atom is 0.129 e. The van der Waals surface area contributed by atoms with E-state index in [0.717, 1.165) is 22.6 Å². The van der Waals surface area contributed by atoms with E-state index >= 15 is 0 Å². The number of benzene rings is 2. The molecule has 2 aromatic rings. The Bertz CT molecular complexity index is 494. The number of anilines is 1. The molecule has 0 spiro atoms. The summed E-state index contributed by atoms with van der Waals surface area (Å²) < 4.78 is 5.74. The molecule has 0 bridgehead atoms. The minimum Gasteiger partial charge on any atom is -0.457 e. The Balaban J connectivity index is 2.18. The van der Waals surface area contributed by atoms with Gasteiger partial charge in [-0.15, -0.1) is 0 Å². The van der Waals surface area contributed by atoms with Crippen LogP contribution in [0.2, 0.25) is 0 Å². The molecule has 3 heteroatoms. The fourth-order valence-electron chi connectivity index (χ4n) is 1.50. The molecule has 0 aliphatic rings. The highest BCUT2D eigenvalue weighted by molar-refractivity contribution is 6.32. The lowest BCUT2D eigenvalue weighted by molar-refractivity contribution is 0.483. The van der Waals surface area contributed by atoms with Crippen molar-refractivity contribution in [3.8, 4) is 11.5 Å². The van der Waals surface area contributed by atoms with E-state index in [9.17, 15) is 0 Å². The average Bonchev–Trinajstić information content (AvgIpc) is 2.32. The zero-order valence-electron chi connectivity index (χ0n) is 10.1. The Morgan fingerprint density at radius 3 is 2.29 bits per heavy atom. The molecule has 0 aliphatic heterocycles. The van der Waals surface area contributed by atoms with Crippen molar-refractivity contribution >= 4 is 19.0 Å². The van der Waals surface area contributed by atoms with Gasteiger partial charge in [0.15, 0.2) is 0 Å². The van der Waals surface area contributed by atoms with Crippen molar-refractivity contribution < 1.29 is 4.74 Å². The monoisotopic (exact) mass is 223 g/mol. The Labute approximate surface area is 103 Å². The topological polar surface area (TPSA) is 12.5 Å². The fourth-order valence-corrected chi connectivity index (χ4v) is 1.50. The minimum absolute atomic E-state index is 0.736. The van der Waals surface area contributed by atoms with Gasteiger partial charge < -0.3 is 9.64 Å². The quantitative estimate of drug-likeness (QED) is 0.740. The van der Waals surface area contributed by atoms with Crippen molar-refractivity contribution in [3.05, 3.63) is 48.5 Å². The smallest absolute Gasteiger partial charge is 0.129 e. The van der Waals surface area contributed by atoms with E-state index in [0.29, 0.717) is 0 Å². The van der Waals surface area contributed by atoms with Crippen LogP contribution in [0, 0.1) is 0 Å². The zero-order chi connectivity index (χ0) is 12.3. The summed E-state index contributed by atoms with van der Waals surface area (Å²) in [5, 5.41) is 0. The highest BCUT2D eigenvalue weighted by Crippen LogP contribution is 2.24. The summed E-state index contributed by atoms with van der Waals surface area (Å²) >= 11 is 0. The molecule has 17 heavy (non-hydrogen) atoms. The second kappa shape index (κ2) is 4.96. The van der Waals surface area contributed by atoms with Gasteiger partial charge in [0.25, 0.3) is 0 Å². The van der Waals surface area contributed by atoms with Gasteiger partial charge in [-0.2, -0.15) is 0 Å². The van der Waals surface area contributed by atoms with Gasteiger partial charge in [-0.3, -0.25) is 0 Å². The van der Waals surface area contributed by atoms with Gasteiger partial charge in [0.2, 0.25) is 0 Å². The molecule has 0 atom stereocenters. The molecule has 2 aromatic carbocycles. The highest BCUT2D eigenvalue weighted by atomic mass is 16.5. The van der Waals surface area contributed by atoms with Gasteiger partial charge in [0, 0.05) is 25.8 Å². The largest absolute Gasteiger partial charge is 0.457 e. The third kappa shape index (κ3) is 3.03. The van der Waals surface area contributed by atoms with E-state index in [1.807, 2.05) is 67.5 Å². The minimum atomic E-state index is 0.736. The molecule has 0 fully saturated rings. The van der Waals surface area contributed by atoms with Crippen molar-refractivity contribution in [2.75, 3.05) is 19.0 Å². The van der Waals surface area contributed by atoms with Crippen LogP contribution in [-0.2, 0) is 0 Å². The number of hydrogen-bond donors (Lipinski definition) is 0. The Morgan fingerprint density at radius 2 is 1.65 bits per heavy atom. The number of ether oxygens (including phenoxy) is 1. The summed E-state index contributed by atoms with van der Waals surface area (Å²) in [6, 6.07) is 15.3. The van der Waals surface area contributed by atoms with Crippen LogP contribution in [0.25, 0.3) is 0 Å². The van der Waals surface area contributed by atoms with E-state index in [2.05, 4.69) is 0 Å². The van der Waals surface area contributed by atoms with Crippen LogP contribution in [-0.4, -0.2) is 21.9 Å². The highest BCUT2D eigenvalue weighted by Gasteiger charge is 2.00. The molecule has 0 aromatic heterocycles. The second-order valence-electron chi connectivity index (χ2n) is 4.06. The summed E-state index contributed by atoms with van der Waals surface area (Å²) in [5.74, 6) is 1.61. The molecule has 2 radical (unpaired) electrons. The van der Waals surface area contributed by atoms with Gasteiger partial charge in [-0.25, -0.2) is 0 Å². The van der Waals surface area contributed by atoms with Crippen molar-refractivity contribution in [3.63, 3.8) is 0 Å². The van der Waals surface area contributed by atoms with Crippen molar-refractivity contribution in [1.82, 2.24) is 0 Å². The lowest BCUT2D eigenvalue weighted by atomic mass is 9.97. The summed E-state index contributed by atoms with van der Waals surface area (Å²) in [4.78, 5) is 2.04. The lowest BCUT2D eigenvalue weighted by Crippen LogP contribution is -2.08. The first-order valence-electron chi connectivity index (χ1n) is 5.46. The molecule has 2 rings (SSSR count). The molecular formula is C14H14BNO. The van der Waals surface area contributed by atoms with Crippen LogP contribution in [0.3, 0.4) is 0 Å². The Hall–Kier alpha value is -1.90. The van der Waals surface area contributed by atoms with Crippen LogP contribution in [0.5, 0.6) is 11.5 Å². The molecule has 0 aliphatic carbocycles. The first kappa shape index (κ1) is 11.6.